The van der Waals surface area contributed by atoms with Crippen LogP contribution in [0.15, 0.2) is 54.7 Å². The Labute approximate surface area is 211 Å². The summed E-state index contributed by atoms with van der Waals surface area (Å²) in [5.41, 5.74) is 3.66. The molecule has 0 N–H and O–H groups in total. The number of hydrogen-bond donors (Lipinski definition) is 0. The first-order valence-electron chi connectivity index (χ1n) is 11.9. The van der Waals surface area contributed by atoms with Gasteiger partial charge >= 0.3 is 12.1 Å². The molecule has 0 saturated carbocycles. The SMILES string of the molecule is COC(=O)[C@H]1c2ccc(OCc3cnc(-c4ccccc4)nc3C)cc2CCN1C(=O)OC(C)(C)C. The number of aromatic nitrogens is 2. The Balaban J connectivity index is 1.50. The van der Waals surface area contributed by atoms with Crippen LogP contribution in [0.4, 0.5) is 4.79 Å². The Morgan fingerprint density at radius 1 is 1.11 bits per heavy atom. The lowest BCUT2D eigenvalue weighted by atomic mass is 9.92. The van der Waals surface area contributed by atoms with E-state index in [1.54, 1.807) is 33.0 Å². The first-order valence-corrected chi connectivity index (χ1v) is 11.9. The second-order valence-electron chi connectivity index (χ2n) is 9.67. The summed E-state index contributed by atoms with van der Waals surface area (Å²) in [5, 5.41) is 0. The molecule has 0 unspecified atom stereocenters. The van der Waals surface area contributed by atoms with Crippen molar-refractivity contribution < 1.29 is 23.8 Å². The zero-order valence-electron chi connectivity index (χ0n) is 21.3. The molecule has 0 saturated heterocycles. The van der Waals surface area contributed by atoms with Crippen LogP contribution in [0.2, 0.25) is 0 Å². The van der Waals surface area contributed by atoms with Gasteiger partial charge in [-0.2, -0.15) is 0 Å². The number of esters is 1. The molecule has 4 rings (SSSR count). The predicted octanol–water partition coefficient (Wildman–Crippen LogP) is 5.04. The number of benzene rings is 2. The molecule has 2 heterocycles. The van der Waals surface area contributed by atoms with E-state index in [1.165, 1.54) is 12.0 Å². The van der Waals surface area contributed by atoms with Gasteiger partial charge in [0.15, 0.2) is 11.9 Å². The molecule has 0 aliphatic carbocycles. The van der Waals surface area contributed by atoms with Crippen LogP contribution in [0.1, 0.15) is 49.2 Å². The number of aryl methyl sites for hydroxylation is 1. The van der Waals surface area contributed by atoms with Crippen LogP contribution >= 0.6 is 0 Å². The largest absolute Gasteiger partial charge is 0.489 e. The molecular formula is C28H31N3O5. The minimum atomic E-state index is -0.871. The van der Waals surface area contributed by atoms with E-state index in [9.17, 15) is 9.59 Å². The van der Waals surface area contributed by atoms with E-state index in [0.29, 0.717) is 36.7 Å². The van der Waals surface area contributed by atoms with E-state index in [-0.39, 0.29) is 0 Å². The molecule has 1 aromatic heterocycles. The van der Waals surface area contributed by atoms with Crippen molar-refractivity contribution in [3.8, 4) is 17.1 Å². The molecule has 8 heteroatoms. The van der Waals surface area contributed by atoms with Gasteiger partial charge in [0.05, 0.1) is 7.11 Å². The molecule has 188 valence electrons. The van der Waals surface area contributed by atoms with Crippen molar-refractivity contribution in [1.82, 2.24) is 14.9 Å². The van der Waals surface area contributed by atoms with E-state index >= 15 is 0 Å². The lowest BCUT2D eigenvalue weighted by molar-refractivity contribution is -0.147. The van der Waals surface area contributed by atoms with Crippen LogP contribution < -0.4 is 4.74 Å². The average Bonchev–Trinajstić information content (AvgIpc) is 2.86. The van der Waals surface area contributed by atoms with E-state index in [4.69, 9.17) is 14.2 Å². The summed E-state index contributed by atoms with van der Waals surface area (Å²) in [6.07, 6.45) is 1.81. The zero-order valence-corrected chi connectivity index (χ0v) is 21.3. The number of rotatable bonds is 5. The van der Waals surface area contributed by atoms with Gasteiger partial charge in [-0.15, -0.1) is 0 Å². The van der Waals surface area contributed by atoms with Gasteiger partial charge in [-0.25, -0.2) is 19.6 Å². The third-order valence-corrected chi connectivity index (χ3v) is 5.90. The quantitative estimate of drug-likeness (QED) is 0.464. The molecule has 1 aliphatic rings. The number of nitrogens with zero attached hydrogens (tertiary/aromatic N) is 3. The summed E-state index contributed by atoms with van der Waals surface area (Å²) < 4.78 is 16.6. The lowest BCUT2D eigenvalue weighted by Crippen LogP contribution is -2.46. The number of amides is 1. The summed E-state index contributed by atoms with van der Waals surface area (Å²) >= 11 is 0. The van der Waals surface area contributed by atoms with Crippen molar-refractivity contribution in [3.05, 3.63) is 77.1 Å². The minimum Gasteiger partial charge on any atom is -0.489 e. The van der Waals surface area contributed by atoms with Crippen LogP contribution in [0, 0.1) is 6.92 Å². The second kappa shape index (κ2) is 10.4. The lowest BCUT2D eigenvalue weighted by Gasteiger charge is -2.36. The minimum absolute atomic E-state index is 0.310. The Kier molecular flexibility index (Phi) is 7.24. The van der Waals surface area contributed by atoms with Crippen molar-refractivity contribution in [2.24, 2.45) is 0 Å². The zero-order chi connectivity index (χ0) is 25.9. The molecule has 0 radical (unpaired) electrons. The molecule has 2 aromatic carbocycles. The van der Waals surface area contributed by atoms with Gasteiger partial charge in [0, 0.05) is 29.6 Å². The third kappa shape index (κ3) is 5.64. The molecule has 36 heavy (non-hydrogen) atoms. The second-order valence-corrected chi connectivity index (χ2v) is 9.67. The maximum atomic E-state index is 12.8. The van der Waals surface area contributed by atoms with Gasteiger partial charge in [0.1, 0.15) is 18.0 Å². The van der Waals surface area contributed by atoms with Gasteiger partial charge in [0.2, 0.25) is 0 Å². The predicted molar refractivity (Wildman–Crippen MR) is 134 cm³/mol. The molecule has 1 amide bonds. The summed E-state index contributed by atoms with van der Waals surface area (Å²) in [5.74, 6) is 0.824. The van der Waals surface area contributed by atoms with Crippen LogP contribution in [0.25, 0.3) is 11.4 Å². The maximum absolute atomic E-state index is 12.8. The Bertz CT molecular complexity index is 1250. The van der Waals surface area contributed by atoms with E-state index < -0.39 is 23.7 Å². The van der Waals surface area contributed by atoms with E-state index in [0.717, 1.165) is 22.4 Å². The average molecular weight is 490 g/mol. The smallest absolute Gasteiger partial charge is 0.411 e. The van der Waals surface area contributed by atoms with Crippen molar-refractivity contribution >= 4 is 12.1 Å². The number of carbonyl (C=O) groups excluding carboxylic acids is 2. The fourth-order valence-electron chi connectivity index (χ4n) is 4.10. The highest BCUT2D eigenvalue weighted by molar-refractivity contribution is 5.84. The Morgan fingerprint density at radius 3 is 2.53 bits per heavy atom. The fourth-order valence-corrected chi connectivity index (χ4v) is 4.10. The monoisotopic (exact) mass is 489 g/mol. The van der Waals surface area contributed by atoms with Gasteiger partial charge < -0.3 is 14.2 Å². The van der Waals surface area contributed by atoms with E-state index in [1.807, 2.05) is 49.4 Å². The highest BCUT2D eigenvalue weighted by Crippen LogP contribution is 2.34. The van der Waals surface area contributed by atoms with Crippen LogP contribution in [-0.4, -0.2) is 46.2 Å². The number of hydrogen-bond acceptors (Lipinski definition) is 7. The number of ether oxygens (including phenoxy) is 3. The summed E-state index contributed by atoms with van der Waals surface area (Å²) in [4.78, 5) is 36.0. The van der Waals surface area contributed by atoms with Crippen LogP contribution in [-0.2, 0) is 27.3 Å². The van der Waals surface area contributed by atoms with Crippen molar-refractivity contribution in [2.75, 3.05) is 13.7 Å². The molecule has 1 aliphatic heterocycles. The highest BCUT2D eigenvalue weighted by Gasteiger charge is 2.39. The van der Waals surface area contributed by atoms with Gasteiger partial charge in [-0.05, 0) is 57.4 Å². The Hall–Kier alpha value is -3.94. The third-order valence-electron chi connectivity index (χ3n) is 5.90. The highest BCUT2D eigenvalue weighted by atomic mass is 16.6. The molecule has 0 bridgehead atoms. The standard InChI is InChI=1S/C28H31N3O5/c1-18-21(16-29-25(30-18)19-9-7-6-8-10-19)17-35-22-11-12-23-20(15-22)13-14-31(24(23)26(32)34-5)27(33)36-28(2,3)4/h6-12,15-16,24H,13-14,17H2,1-5H3/t24-/m1/s1. The fraction of sp³-hybridized carbons (Fsp3) is 0.357. The molecule has 0 spiro atoms. The number of fused-ring (bicyclic) bond motifs is 1. The maximum Gasteiger partial charge on any atom is 0.411 e. The van der Waals surface area contributed by atoms with Crippen molar-refractivity contribution in [1.29, 1.82) is 0 Å². The number of carbonyl (C=O) groups is 2. The van der Waals surface area contributed by atoms with Gasteiger partial charge in [0.25, 0.3) is 0 Å². The molecule has 0 fully saturated rings. The molecule has 1 atom stereocenters. The topological polar surface area (TPSA) is 90.9 Å². The summed E-state index contributed by atoms with van der Waals surface area (Å²) in [7, 11) is 1.31. The van der Waals surface area contributed by atoms with Crippen LogP contribution in [0.3, 0.4) is 0 Å². The van der Waals surface area contributed by atoms with Gasteiger partial charge in [-0.1, -0.05) is 36.4 Å². The molecular weight excluding hydrogens is 458 g/mol. The van der Waals surface area contributed by atoms with E-state index in [2.05, 4.69) is 9.97 Å². The summed E-state index contributed by atoms with van der Waals surface area (Å²) in [6, 6.07) is 14.5. The first-order chi connectivity index (χ1) is 17.2. The first kappa shape index (κ1) is 25.2. The van der Waals surface area contributed by atoms with Crippen LogP contribution in [0.5, 0.6) is 5.75 Å². The summed E-state index contributed by atoms with van der Waals surface area (Å²) in [6.45, 7) is 7.96. The Morgan fingerprint density at radius 2 is 1.86 bits per heavy atom. The number of methoxy groups -OCH3 is 1. The molecule has 3 aromatic rings. The van der Waals surface area contributed by atoms with Gasteiger partial charge in [-0.3, -0.25) is 4.90 Å². The normalized spacial score (nSPS) is 15.1. The van der Waals surface area contributed by atoms with Crippen molar-refractivity contribution in [2.45, 2.75) is 52.4 Å². The molecule has 8 nitrogen and oxygen atoms in total. The van der Waals surface area contributed by atoms with Crippen molar-refractivity contribution in [3.63, 3.8) is 0 Å².